The molecule has 28 heavy (non-hydrogen) atoms. The molecule has 0 spiro atoms. The van der Waals surface area contributed by atoms with Gasteiger partial charge in [-0.1, -0.05) is 0 Å². The topological polar surface area (TPSA) is 90.9 Å². The fourth-order valence-corrected chi connectivity index (χ4v) is 4.09. The van der Waals surface area contributed by atoms with Crippen molar-refractivity contribution in [1.29, 1.82) is 0 Å². The number of β-amino-alcohol motifs (C(OH)–C–C–N with tert-alkyl or cyclic N) is 1. The fourth-order valence-electron chi connectivity index (χ4n) is 4.09. The molecular formula is C21H31N3O4. The summed E-state index contributed by atoms with van der Waals surface area (Å²) in [6, 6.07) is 7.28. The van der Waals surface area contributed by atoms with Crippen LogP contribution in [0.25, 0.3) is 0 Å². The molecule has 7 nitrogen and oxygen atoms in total. The van der Waals surface area contributed by atoms with Crippen LogP contribution in [0.5, 0.6) is 5.75 Å². The molecule has 154 valence electrons. The lowest BCUT2D eigenvalue weighted by atomic mass is 9.97. The second-order valence-corrected chi connectivity index (χ2v) is 7.94. The molecule has 2 aliphatic heterocycles. The van der Waals surface area contributed by atoms with Crippen molar-refractivity contribution in [3.63, 3.8) is 0 Å². The van der Waals surface area contributed by atoms with Gasteiger partial charge in [-0.15, -0.1) is 0 Å². The van der Waals surface area contributed by atoms with Gasteiger partial charge in [0.2, 0.25) is 0 Å². The molecule has 1 aromatic carbocycles. The van der Waals surface area contributed by atoms with Crippen LogP contribution in [0.1, 0.15) is 43.5 Å². The largest absolute Gasteiger partial charge is 0.484 e. The third kappa shape index (κ3) is 5.02. The predicted octanol–water partition coefficient (Wildman–Crippen LogP) is 1.17. The molecule has 2 heterocycles. The summed E-state index contributed by atoms with van der Waals surface area (Å²) < 4.78 is 5.64. The molecule has 1 aromatic rings. The summed E-state index contributed by atoms with van der Waals surface area (Å²) >= 11 is 0. The molecule has 4 unspecified atom stereocenters. The Morgan fingerprint density at radius 1 is 1.18 bits per heavy atom. The van der Waals surface area contributed by atoms with Gasteiger partial charge in [0.1, 0.15) is 5.75 Å². The minimum absolute atomic E-state index is 0.00486. The number of carbonyl (C=O) groups is 2. The summed E-state index contributed by atoms with van der Waals surface area (Å²) in [6.45, 7) is 5.89. The average molecular weight is 389 g/mol. The first-order valence-electron chi connectivity index (χ1n) is 10.2. The number of ether oxygens (including phenoxy) is 1. The Morgan fingerprint density at radius 3 is 2.46 bits per heavy atom. The van der Waals surface area contributed by atoms with Crippen LogP contribution in [-0.2, 0) is 4.79 Å². The Morgan fingerprint density at radius 2 is 1.86 bits per heavy atom. The first kappa shape index (κ1) is 20.6. The number of hydrogen-bond donors (Lipinski definition) is 3. The molecule has 0 radical (unpaired) electrons. The molecule has 0 aromatic heterocycles. The molecular weight excluding hydrogens is 358 g/mol. The molecule has 2 aliphatic rings. The first-order valence-corrected chi connectivity index (χ1v) is 10.2. The lowest BCUT2D eigenvalue weighted by molar-refractivity contribution is -0.139. The molecule has 3 rings (SSSR count). The van der Waals surface area contributed by atoms with Gasteiger partial charge in [-0.3, -0.25) is 9.59 Å². The highest BCUT2D eigenvalue weighted by atomic mass is 16.5. The Balaban J connectivity index is 1.47. The van der Waals surface area contributed by atoms with Gasteiger partial charge in [0.25, 0.3) is 11.8 Å². The van der Waals surface area contributed by atoms with E-state index in [1.807, 2.05) is 4.90 Å². The van der Waals surface area contributed by atoms with E-state index in [-0.39, 0.29) is 36.4 Å². The summed E-state index contributed by atoms with van der Waals surface area (Å²) in [4.78, 5) is 26.7. The molecule has 0 bridgehead atoms. The van der Waals surface area contributed by atoms with E-state index in [0.717, 1.165) is 19.3 Å². The van der Waals surface area contributed by atoms with Crippen LogP contribution in [-0.4, -0.2) is 66.2 Å². The highest BCUT2D eigenvalue weighted by Crippen LogP contribution is 2.23. The maximum atomic E-state index is 12.5. The van der Waals surface area contributed by atoms with Crippen LogP contribution >= 0.6 is 0 Å². The standard InChI is InChI=1S/C21H31N3O4/c1-14-4-3-5-15(2)24(14)20(26)13-28-18-8-6-16(7-9-18)21(27)23-11-17-10-22-12-19(17)25/h6-9,14-15,17,19,22,25H,3-5,10-13H2,1-2H3,(H,23,27). The summed E-state index contributed by atoms with van der Waals surface area (Å²) in [5.74, 6) is 0.428. The Labute approximate surface area is 166 Å². The normalized spacial score (nSPS) is 27.5. The first-order chi connectivity index (χ1) is 13.5. The Kier molecular flexibility index (Phi) is 6.91. The molecule has 2 amide bonds. The highest BCUT2D eigenvalue weighted by Gasteiger charge is 2.29. The molecule has 2 fully saturated rings. The maximum absolute atomic E-state index is 12.5. The number of likely N-dealkylation sites (tertiary alicyclic amines) is 1. The number of piperidine rings is 1. The number of carbonyl (C=O) groups excluding carboxylic acids is 2. The van der Waals surface area contributed by atoms with Gasteiger partial charge < -0.3 is 25.4 Å². The van der Waals surface area contributed by atoms with Crippen molar-refractivity contribution in [2.24, 2.45) is 5.92 Å². The van der Waals surface area contributed by atoms with Crippen LogP contribution in [0.2, 0.25) is 0 Å². The van der Waals surface area contributed by atoms with Crippen molar-refractivity contribution < 1.29 is 19.4 Å². The third-order valence-corrected chi connectivity index (χ3v) is 5.79. The average Bonchev–Trinajstić information content (AvgIpc) is 3.09. The number of nitrogens with zero attached hydrogens (tertiary/aromatic N) is 1. The van der Waals surface area contributed by atoms with E-state index in [1.165, 1.54) is 0 Å². The number of aliphatic hydroxyl groups excluding tert-OH is 1. The van der Waals surface area contributed by atoms with Crippen molar-refractivity contribution in [3.8, 4) is 5.75 Å². The maximum Gasteiger partial charge on any atom is 0.260 e. The molecule has 7 heteroatoms. The number of aliphatic hydroxyl groups is 1. The second kappa shape index (κ2) is 9.39. The number of nitrogens with one attached hydrogen (secondary N) is 2. The zero-order valence-electron chi connectivity index (χ0n) is 16.7. The lowest BCUT2D eigenvalue weighted by Gasteiger charge is -2.38. The summed E-state index contributed by atoms with van der Waals surface area (Å²) in [5.41, 5.74) is 0.525. The van der Waals surface area contributed by atoms with Crippen molar-refractivity contribution in [2.75, 3.05) is 26.2 Å². The smallest absolute Gasteiger partial charge is 0.260 e. The van der Waals surface area contributed by atoms with E-state index in [0.29, 0.717) is 30.9 Å². The molecule has 2 saturated heterocycles. The van der Waals surface area contributed by atoms with Gasteiger partial charge in [-0.25, -0.2) is 0 Å². The number of benzene rings is 1. The number of rotatable bonds is 6. The summed E-state index contributed by atoms with van der Waals surface area (Å²) in [7, 11) is 0. The zero-order chi connectivity index (χ0) is 20.1. The van der Waals surface area contributed by atoms with Crippen molar-refractivity contribution in [3.05, 3.63) is 29.8 Å². The molecule has 3 N–H and O–H groups in total. The predicted molar refractivity (Wildman–Crippen MR) is 106 cm³/mol. The van der Waals surface area contributed by atoms with Crippen LogP contribution in [0, 0.1) is 5.92 Å². The fraction of sp³-hybridized carbons (Fsp3) is 0.619. The van der Waals surface area contributed by atoms with Crippen LogP contribution < -0.4 is 15.4 Å². The Bertz CT molecular complexity index is 669. The quantitative estimate of drug-likeness (QED) is 0.679. The van der Waals surface area contributed by atoms with Crippen LogP contribution in [0.15, 0.2) is 24.3 Å². The van der Waals surface area contributed by atoms with Crippen LogP contribution in [0.3, 0.4) is 0 Å². The second-order valence-electron chi connectivity index (χ2n) is 7.94. The zero-order valence-corrected chi connectivity index (χ0v) is 16.7. The molecule has 0 saturated carbocycles. The van der Waals surface area contributed by atoms with Crippen LogP contribution in [0.4, 0.5) is 0 Å². The van der Waals surface area contributed by atoms with E-state index in [4.69, 9.17) is 4.74 Å². The van der Waals surface area contributed by atoms with Gasteiger partial charge in [0.15, 0.2) is 6.61 Å². The van der Waals surface area contributed by atoms with Gasteiger partial charge >= 0.3 is 0 Å². The van der Waals surface area contributed by atoms with E-state index in [9.17, 15) is 14.7 Å². The van der Waals surface area contributed by atoms with E-state index < -0.39 is 6.10 Å². The minimum atomic E-state index is -0.418. The van der Waals surface area contributed by atoms with E-state index in [1.54, 1.807) is 24.3 Å². The van der Waals surface area contributed by atoms with Crippen molar-refractivity contribution in [2.45, 2.75) is 51.3 Å². The van der Waals surface area contributed by atoms with E-state index >= 15 is 0 Å². The highest BCUT2D eigenvalue weighted by molar-refractivity contribution is 5.94. The number of amides is 2. The molecule has 4 atom stereocenters. The SMILES string of the molecule is CC1CCCC(C)N1C(=O)COc1ccc(C(=O)NCC2CNCC2O)cc1. The van der Waals surface area contributed by atoms with Gasteiger partial charge in [-0.2, -0.15) is 0 Å². The summed E-state index contributed by atoms with van der Waals surface area (Å²) in [5, 5.41) is 15.7. The van der Waals surface area contributed by atoms with Gasteiger partial charge in [-0.05, 0) is 57.4 Å². The Hall–Kier alpha value is -2.12. The monoisotopic (exact) mass is 389 g/mol. The van der Waals surface area contributed by atoms with E-state index in [2.05, 4.69) is 24.5 Å². The van der Waals surface area contributed by atoms with Crippen molar-refractivity contribution in [1.82, 2.24) is 15.5 Å². The summed E-state index contributed by atoms with van der Waals surface area (Å²) in [6.07, 6.45) is 2.81. The molecule has 0 aliphatic carbocycles. The minimum Gasteiger partial charge on any atom is -0.484 e. The van der Waals surface area contributed by atoms with Gasteiger partial charge in [0.05, 0.1) is 6.10 Å². The van der Waals surface area contributed by atoms with Crippen molar-refractivity contribution >= 4 is 11.8 Å². The number of hydrogen-bond acceptors (Lipinski definition) is 5. The lowest BCUT2D eigenvalue weighted by Crippen LogP contribution is -2.49. The van der Waals surface area contributed by atoms with Gasteiger partial charge in [0, 0.05) is 43.2 Å². The third-order valence-electron chi connectivity index (χ3n) is 5.79.